The second kappa shape index (κ2) is 5.80. The number of hydrogen-bond donors (Lipinski definition) is 2. The molecule has 0 radical (unpaired) electrons. The maximum Gasteiger partial charge on any atom is 0.216 e. The fourth-order valence-electron chi connectivity index (χ4n) is 0.949. The standard InChI is InChI=1S/C11H16N4/c1-9(12)15-11(13)14-8-7-10-5-3-2-4-6-10/h2-6H,7-8H2,1H3,(H4,12,13,14,15)/i2D,3D,4D,5D. The predicted molar refractivity (Wildman–Crippen MR) is 63.9 cm³/mol. The van der Waals surface area contributed by atoms with Gasteiger partial charge in [0.2, 0.25) is 5.96 Å². The van der Waals surface area contributed by atoms with E-state index in [-0.39, 0.29) is 36.7 Å². The first-order valence-electron chi connectivity index (χ1n) is 6.50. The van der Waals surface area contributed by atoms with E-state index < -0.39 is 0 Å². The minimum atomic E-state index is -0.240. The van der Waals surface area contributed by atoms with Crippen molar-refractivity contribution in [2.75, 3.05) is 6.54 Å². The molecule has 0 bridgehead atoms. The fourth-order valence-corrected chi connectivity index (χ4v) is 0.949. The van der Waals surface area contributed by atoms with Gasteiger partial charge in [0.05, 0.1) is 11.3 Å². The molecule has 0 fully saturated rings. The van der Waals surface area contributed by atoms with E-state index in [0.29, 0.717) is 17.8 Å². The van der Waals surface area contributed by atoms with Crippen molar-refractivity contribution in [3.63, 3.8) is 0 Å². The number of guanidine groups is 1. The Balaban J connectivity index is 2.83. The summed E-state index contributed by atoms with van der Waals surface area (Å²) in [6.07, 6.45) is 0.358. The molecule has 1 aromatic carbocycles. The van der Waals surface area contributed by atoms with Crippen molar-refractivity contribution in [1.82, 2.24) is 0 Å². The lowest BCUT2D eigenvalue weighted by molar-refractivity contribution is 0.962. The molecule has 4 nitrogen and oxygen atoms in total. The molecular formula is C11H16N4. The average molecular weight is 208 g/mol. The molecule has 80 valence electrons. The Bertz CT molecular complexity index is 536. The third-order valence-corrected chi connectivity index (χ3v) is 1.55. The molecule has 1 rings (SSSR count). The molecule has 0 saturated carbocycles. The van der Waals surface area contributed by atoms with Gasteiger partial charge in [-0.3, -0.25) is 4.99 Å². The normalized spacial score (nSPS) is 16.6. The average Bonchev–Trinajstić information content (AvgIpc) is 2.32. The maximum atomic E-state index is 7.71. The number of hydrogen-bond acceptors (Lipinski definition) is 1. The van der Waals surface area contributed by atoms with Crippen molar-refractivity contribution in [3.05, 3.63) is 35.8 Å². The zero-order valence-corrected chi connectivity index (χ0v) is 8.54. The van der Waals surface area contributed by atoms with Gasteiger partial charge in [-0.05, 0) is 18.9 Å². The SMILES string of the molecule is [2H]c1cc(CCN=C(N)N=C(C)N)c([2H])c([2H])c1[2H]. The molecule has 0 aliphatic carbocycles. The molecule has 0 aliphatic rings. The van der Waals surface area contributed by atoms with Crippen molar-refractivity contribution in [1.29, 1.82) is 0 Å². The van der Waals surface area contributed by atoms with Crippen molar-refractivity contribution < 1.29 is 5.48 Å². The van der Waals surface area contributed by atoms with Crippen LogP contribution in [0.4, 0.5) is 0 Å². The van der Waals surface area contributed by atoms with Crippen LogP contribution in [-0.2, 0) is 6.42 Å². The number of aliphatic imine (C=N–C) groups is 2. The van der Waals surface area contributed by atoms with Crippen LogP contribution in [0, 0.1) is 0 Å². The van der Waals surface area contributed by atoms with Gasteiger partial charge in [0.15, 0.2) is 0 Å². The van der Waals surface area contributed by atoms with Crippen LogP contribution in [0.25, 0.3) is 0 Å². The van der Waals surface area contributed by atoms with E-state index >= 15 is 0 Å². The van der Waals surface area contributed by atoms with E-state index in [1.54, 1.807) is 6.92 Å². The Morgan fingerprint density at radius 2 is 2.20 bits per heavy atom. The summed E-state index contributed by atoms with van der Waals surface area (Å²) in [6.45, 7) is 1.88. The highest BCUT2D eigenvalue weighted by atomic mass is 15.1. The van der Waals surface area contributed by atoms with Gasteiger partial charge in [-0.2, -0.15) is 0 Å². The molecule has 0 atom stereocenters. The van der Waals surface area contributed by atoms with E-state index in [2.05, 4.69) is 9.98 Å². The molecule has 0 unspecified atom stereocenters. The van der Waals surface area contributed by atoms with Crippen LogP contribution >= 0.6 is 0 Å². The molecule has 15 heavy (non-hydrogen) atoms. The third-order valence-electron chi connectivity index (χ3n) is 1.55. The van der Waals surface area contributed by atoms with Crippen LogP contribution in [-0.4, -0.2) is 18.3 Å². The summed E-state index contributed by atoms with van der Waals surface area (Å²) in [6, 6.07) is 0.818. The minimum Gasteiger partial charge on any atom is -0.387 e. The monoisotopic (exact) mass is 208 g/mol. The quantitative estimate of drug-likeness (QED) is 0.572. The summed E-state index contributed by atoms with van der Waals surface area (Å²) in [5.74, 6) is 0.365. The highest BCUT2D eigenvalue weighted by Gasteiger charge is 1.91. The molecule has 0 spiro atoms. The summed E-state index contributed by atoms with van der Waals surface area (Å²) < 4.78 is 30.2. The van der Waals surface area contributed by atoms with Crippen molar-refractivity contribution >= 4 is 11.8 Å². The molecule has 4 N–H and O–H groups in total. The topological polar surface area (TPSA) is 76.8 Å². The van der Waals surface area contributed by atoms with Crippen molar-refractivity contribution in [2.24, 2.45) is 21.5 Å². The molecular weight excluding hydrogens is 188 g/mol. The lowest BCUT2D eigenvalue weighted by Crippen LogP contribution is -2.16. The maximum absolute atomic E-state index is 7.71. The Morgan fingerprint density at radius 3 is 2.93 bits per heavy atom. The first-order valence-corrected chi connectivity index (χ1v) is 4.50. The summed E-state index contributed by atoms with van der Waals surface area (Å²) in [5.41, 5.74) is 11.3. The van der Waals surface area contributed by atoms with E-state index in [9.17, 15) is 0 Å². The molecule has 0 amide bonds. The summed E-state index contributed by atoms with van der Waals surface area (Å²) >= 11 is 0. The van der Waals surface area contributed by atoms with E-state index in [0.717, 1.165) is 0 Å². The van der Waals surface area contributed by atoms with Gasteiger partial charge in [0.25, 0.3) is 0 Å². The molecule has 0 saturated heterocycles. The number of benzene rings is 1. The summed E-state index contributed by atoms with van der Waals surface area (Å²) in [7, 11) is 0. The van der Waals surface area contributed by atoms with Crippen LogP contribution < -0.4 is 11.5 Å². The van der Waals surface area contributed by atoms with Crippen LogP contribution in [0.5, 0.6) is 0 Å². The van der Waals surface area contributed by atoms with Crippen LogP contribution in [0.2, 0.25) is 0 Å². The molecule has 4 heteroatoms. The first kappa shape index (κ1) is 6.61. The smallest absolute Gasteiger partial charge is 0.216 e. The minimum absolute atomic E-state index is 0.0479. The van der Waals surface area contributed by atoms with Gasteiger partial charge in [0.1, 0.15) is 0 Å². The van der Waals surface area contributed by atoms with Crippen LogP contribution in [0.1, 0.15) is 18.0 Å². The molecule has 1 aromatic rings. The van der Waals surface area contributed by atoms with Gasteiger partial charge in [-0.15, -0.1) is 0 Å². The summed E-state index contributed by atoms with van der Waals surface area (Å²) in [5, 5.41) is 0. The molecule has 0 heterocycles. The van der Waals surface area contributed by atoms with Gasteiger partial charge in [-0.25, -0.2) is 4.99 Å². The van der Waals surface area contributed by atoms with E-state index in [1.807, 2.05) is 0 Å². The third kappa shape index (κ3) is 4.81. The molecule has 0 aromatic heterocycles. The summed E-state index contributed by atoms with van der Waals surface area (Å²) in [4.78, 5) is 7.71. The van der Waals surface area contributed by atoms with Gasteiger partial charge in [0, 0.05) is 6.54 Å². The van der Waals surface area contributed by atoms with Crippen LogP contribution in [0.15, 0.2) is 40.2 Å². The number of amidine groups is 1. The highest BCUT2D eigenvalue weighted by Crippen LogP contribution is 1.99. The number of nitrogens with two attached hydrogens (primary N) is 2. The Kier molecular flexibility index (Phi) is 2.55. The number of nitrogens with zero attached hydrogens (tertiary/aromatic N) is 2. The first-order chi connectivity index (χ1) is 8.82. The van der Waals surface area contributed by atoms with Gasteiger partial charge < -0.3 is 11.5 Å². The predicted octanol–water partition coefficient (Wildman–Crippen LogP) is 0.921. The second-order valence-electron chi connectivity index (χ2n) is 2.93. The highest BCUT2D eigenvalue weighted by molar-refractivity contribution is 5.93. The largest absolute Gasteiger partial charge is 0.387 e. The number of rotatable bonds is 3. The Morgan fingerprint density at radius 1 is 1.40 bits per heavy atom. The second-order valence-corrected chi connectivity index (χ2v) is 2.93. The van der Waals surface area contributed by atoms with E-state index in [1.165, 1.54) is 6.07 Å². The lowest BCUT2D eigenvalue weighted by Gasteiger charge is -1.97. The van der Waals surface area contributed by atoms with Crippen LogP contribution in [0.3, 0.4) is 0 Å². The van der Waals surface area contributed by atoms with Crippen molar-refractivity contribution in [3.8, 4) is 0 Å². The Labute approximate surface area is 95.3 Å². The van der Waals surface area contributed by atoms with E-state index in [4.69, 9.17) is 17.0 Å². The lowest BCUT2D eigenvalue weighted by atomic mass is 10.2. The van der Waals surface area contributed by atoms with Gasteiger partial charge >= 0.3 is 0 Å². The van der Waals surface area contributed by atoms with Crippen molar-refractivity contribution in [2.45, 2.75) is 13.3 Å². The Hall–Kier alpha value is -1.84. The zero-order valence-electron chi connectivity index (χ0n) is 12.5. The fraction of sp³-hybridized carbons (Fsp3) is 0.273. The van der Waals surface area contributed by atoms with Gasteiger partial charge in [-0.1, -0.05) is 30.2 Å². The molecule has 0 aliphatic heterocycles. The zero-order chi connectivity index (χ0) is 14.6.